The maximum absolute atomic E-state index is 12.1. The van der Waals surface area contributed by atoms with Crippen molar-refractivity contribution in [2.45, 2.75) is 78.2 Å². The summed E-state index contributed by atoms with van der Waals surface area (Å²) in [6, 6.07) is 0. The highest BCUT2D eigenvalue weighted by atomic mass is 16.6. The molecule has 47 heavy (non-hydrogen) atoms. The van der Waals surface area contributed by atoms with Crippen LogP contribution in [0.3, 0.4) is 0 Å². The van der Waals surface area contributed by atoms with Crippen molar-refractivity contribution in [2.75, 3.05) is 52.9 Å². The molecule has 19 nitrogen and oxygen atoms in total. The highest BCUT2D eigenvalue weighted by Gasteiger charge is 2.42. The molecule has 0 bridgehead atoms. The lowest BCUT2D eigenvalue weighted by Crippen LogP contribution is -2.48. The Balaban J connectivity index is 6.64. The Kier molecular flexibility index (Phi) is 19.2. The fourth-order valence-electron chi connectivity index (χ4n) is 3.05. The summed E-state index contributed by atoms with van der Waals surface area (Å²) in [6.07, 6.45) is -9.68. The summed E-state index contributed by atoms with van der Waals surface area (Å²) >= 11 is 0. The molecule has 0 aliphatic carbocycles. The summed E-state index contributed by atoms with van der Waals surface area (Å²) in [6.45, 7) is 0.655. The van der Waals surface area contributed by atoms with E-state index in [1.165, 1.54) is 0 Å². The molecule has 0 amide bonds. The average molecular weight is 687 g/mol. The van der Waals surface area contributed by atoms with Gasteiger partial charge in [-0.05, 0) is 41.5 Å². The maximum Gasteiger partial charge on any atom is 0.334 e. The first-order valence-electron chi connectivity index (χ1n) is 14.3. The van der Waals surface area contributed by atoms with Gasteiger partial charge in [0.2, 0.25) is 0 Å². The maximum atomic E-state index is 12.1. The zero-order valence-electron chi connectivity index (χ0n) is 27.1. The quantitative estimate of drug-likeness (QED) is 0.0476. The van der Waals surface area contributed by atoms with Crippen LogP contribution in [0, 0.1) is 10.8 Å². The van der Waals surface area contributed by atoms with Crippen LogP contribution in [-0.4, -0.2) is 156 Å². The van der Waals surface area contributed by atoms with Crippen molar-refractivity contribution >= 4 is 35.8 Å². The van der Waals surface area contributed by atoms with Gasteiger partial charge in [0.1, 0.15) is 76.3 Å². The van der Waals surface area contributed by atoms with Gasteiger partial charge in [-0.1, -0.05) is 0 Å². The molecule has 0 saturated carbocycles. The van der Waals surface area contributed by atoms with Crippen LogP contribution in [-0.2, 0) is 61.9 Å². The van der Waals surface area contributed by atoms with Crippen molar-refractivity contribution in [2.24, 2.45) is 10.8 Å². The second kappa shape index (κ2) is 20.7. The van der Waals surface area contributed by atoms with Gasteiger partial charge < -0.3 is 63.8 Å². The third kappa shape index (κ3) is 16.8. The summed E-state index contributed by atoms with van der Waals surface area (Å²) in [7, 11) is 0. The normalized spacial score (nSPS) is 17.6. The Morgan fingerprint density at radius 3 is 0.638 bits per heavy atom. The molecule has 6 N–H and O–H groups in total. The van der Waals surface area contributed by atoms with Crippen molar-refractivity contribution in [1.82, 2.24) is 0 Å². The molecular weight excluding hydrogens is 640 g/mol. The predicted molar refractivity (Wildman–Crippen MR) is 152 cm³/mol. The Morgan fingerprint density at radius 2 is 0.511 bits per heavy atom. The van der Waals surface area contributed by atoms with Gasteiger partial charge >= 0.3 is 35.8 Å². The number of esters is 6. The van der Waals surface area contributed by atoms with E-state index in [2.05, 4.69) is 0 Å². The first kappa shape index (κ1) is 43.5. The molecule has 19 heteroatoms. The van der Waals surface area contributed by atoms with Gasteiger partial charge in [0.05, 0.1) is 24.0 Å². The van der Waals surface area contributed by atoms with Crippen molar-refractivity contribution in [3.63, 3.8) is 0 Å². The Bertz CT molecular complexity index is 833. The molecular formula is C28H46O19. The third-order valence-electron chi connectivity index (χ3n) is 5.99. The number of hydrogen-bond acceptors (Lipinski definition) is 19. The van der Waals surface area contributed by atoms with Crippen molar-refractivity contribution in [3.8, 4) is 0 Å². The molecule has 6 unspecified atom stereocenters. The van der Waals surface area contributed by atoms with E-state index < -0.39 is 136 Å². The van der Waals surface area contributed by atoms with Crippen LogP contribution in [0.2, 0.25) is 0 Å². The monoisotopic (exact) mass is 686 g/mol. The van der Waals surface area contributed by atoms with Crippen molar-refractivity contribution < 1.29 is 92.6 Å². The highest BCUT2D eigenvalue weighted by molar-refractivity contribution is 5.76. The first-order valence-corrected chi connectivity index (χ1v) is 14.3. The van der Waals surface area contributed by atoms with Crippen LogP contribution in [0.5, 0.6) is 0 Å². The third-order valence-corrected chi connectivity index (χ3v) is 5.99. The summed E-state index contributed by atoms with van der Waals surface area (Å²) in [4.78, 5) is 72.7. The van der Waals surface area contributed by atoms with Gasteiger partial charge in [0.25, 0.3) is 0 Å². The number of rotatable bonds is 22. The lowest BCUT2D eigenvalue weighted by Gasteiger charge is -2.36. The zero-order valence-corrected chi connectivity index (χ0v) is 27.1. The average Bonchev–Trinajstić information content (AvgIpc) is 3.00. The molecule has 272 valence electrons. The van der Waals surface area contributed by atoms with Gasteiger partial charge in [0.15, 0.2) is 0 Å². The molecule has 0 saturated heterocycles. The molecule has 0 spiro atoms. The van der Waals surface area contributed by atoms with Crippen LogP contribution < -0.4 is 0 Å². The topological polar surface area (TPSA) is 288 Å². The van der Waals surface area contributed by atoms with E-state index in [1.807, 2.05) is 0 Å². The molecule has 0 rings (SSSR count). The fraction of sp³-hybridized carbons (Fsp3) is 0.786. The second-order valence-corrected chi connectivity index (χ2v) is 11.2. The van der Waals surface area contributed by atoms with Crippen LogP contribution >= 0.6 is 0 Å². The van der Waals surface area contributed by atoms with Gasteiger partial charge in [-0.2, -0.15) is 0 Å². The molecule has 0 aromatic carbocycles. The van der Waals surface area contributed by atoms with Crippen LogP contribution in [0.25, 0.3) is 0 Å². The standard InChI is InChI=1S/C28H46O19/c1-15(29)21(35)42-9-27(10-43-22(36)16(2)30,11-44-23(37)17(3)31)7-41-8-28(12-45-24(38)18(4)32,13-46-25(39)19(5)33)14-47-26(40)20(6)34/h15-20,29-34H,7-14H2,1-6H3. The van der Waals surface area contributed by atoms with Crippen LogP contribution in [0.15, 0.2) is 0 Å². The second-order valence-electron chi connectivity index (χ2n) is 11.2. The Hall–Kier alpha value is -3.46. The minimum Gasteiger partial charge on any atom is -0.463 e. The van der Waals surface area contributed by atoms with E-state index in [9.17, 15) is 59.4 Å². The summed E-state index contributed by atoms with van der Waals surface area (Å²) in [5.41, 5.74) is -3.62. The van der Waals surface area contributed by atoms with E-state index in [0.29, 0.717) is 0 Å². The van der Waals surface area contributed by atoms with E-state index in [4.69, 9.17) is 33.2 Å². The SMILES string of the molecule is CC(O)C(=O)OCC(COCC(COC(=O)C(C)O)(COC(=O)C(C)O)COC(=O)C(C)O)(COC(=O)C(C)O)COC(=O)C(C)O. The zero-order chi connectivity index (χ0) is 36.5. The van der Waals surface area contributed by atoms with Gasteiger partial charge in [-0.25, -0.2) is 28.8 Å². The van der Waals surface area contributed by atoms with Crippen LogP contribution in [0.4, 0.5) is 0 Å². The van der Waals surface area contributed by atoms with Crippen molar-refractivity contribution in [3.05, 3.63) is 0 Å². The molecule has 0 aromatic heterocycles. The minimum absolute atomic E-state index is 0.679. The predicted octanol–water partition coefficient (Wildman–Crippen LogP) is -3.48. The van der Waals surface area contributed by atoms with E-state index in [-0.39, 0.29) is 0 Å². The number of carbonyl (C=O) groups is 6. The minimum atomic E-state index is -1.81. The molecule has 0 radical (unpaired) electrons. The molecule has 0 aromatic rings. The number of carbonyl (C=O) groups excluding carboxylic acids is 6. The Labute approximate surface area is 270 Å². The van der Waals surface area contributed by atoms with E-state index in [0.717, 1.165) is 41.5 Å². The lowest BCUT2D eigenvalue weighted by molar-refractivity contribution is -0.184. The molecule has 6 atom stereocenters. The molecule has 0 aliphatic heterocycles. The highest BCUT2D eigenvalue weighted by Crippen LogP contribution is 2.26. The van der Waals surface area contributed by atoms with Crippen LogP contribution in [0.1, 0.15) is 41.5 Å². The van der Waals surface area contributed by atoms with E-state index >= 15 is 0 Å². The number of aliphatic hydroxyl groups is 6. The summed E-state index contributed by atoms with van der Waals surface area (Å²) in [5, 5.41) is 57.5. The smallest absolute Gasteiger partial charge is 0.334 e. The number of hydrogen-bond donors (Lipinski definition) is 6. The molecule has 0 aliphatic rings. The summed E-state index contributed by atoms with van der Waals surface area (Å²) < 4.78 is 36.3. The van der Waals surface area contributed by atoms with Crippen molar-refractivity contribution in [1.29, 1.82) is 0 Å². The fourth-order valence-corrected chi connectivity index (χ4v) is 3.05. The van der Waals surface area contributed by atoms with Gasteiger partial charge in [-0.3, -0.25) is 0 Å². The summed E-state index contributed by atoms with van der Waals surface area (Å²) in [5.74, 6) is -6.87. The van der Waals surface area contributed by atoms with Gasteiger partial charge in [0, 0.05) is 0 Å². The molecule has 0 heterocycles. The lowest BCUT2D eigenvalue weighted by atomic mass is 9.90. The Morgan fingerprint density at radius 1 is 0.362 bits per heavy atom. The van der Waals surface area contributed by atoms with Gasteiger partial charge in [-0.15, -0.1) is 0 Å². The number of ether oxygens (including phenoxy) is 7. The van der Waals surface area contributed by atoms with E-state index in [1.54, 1.807) is 0 Å². The first-order chi connectivity index (χ1) is 21.7. The largest absolute Gasteiger partial charge is 0.463 e. The number of aliphatic hydroxyl groups excluding tert-OH is 6. The molecule has 0 fully saturated rings.